The van der Waals surface area contributed by atoms with Crippen LogP contribution >= 0.6 is 0 Å². The van der Waals surface area contributed by atoms with E-state index in [-0.39, 0.29) is 12.2 Å². The van der Waals surface area contributed by atoms with Crippen molar-refractivity contribution in [3.8, 4) is 0 Å². The second kappa shape index (κ2) is 5.68. The summed E-state index contributed by atoms with van der Waals surface area (Å²) >= 11 is 0. The summed E-state index contributed by atoms with van der Waals surface area (Å²) in [6.07, 6.45) is 3.49. The van der Waals surface area contributed by atoms with Crippen LogP contribution in [0.15, 0.2) is 24.5 Å². The van der Waals surface area contributed by atoms with Gasteiger partial charge in [-0.25, -0.2) is 13.6 Å². The molecule has 0 amide bonds. The fourth-order valence-corrected chi connectivity index (χ4v) is 1.75. The van der Waals surface area contributed by atoms with Crippen LogP contribution in [0.25, 0.3) is 0 Å². The zero-order chi connectivity index (χ0) is 14.7. The Morgan fingerprint density at radius 1 is 1.40 bits per heavy atom. The van der Waals surface area contributed by atoms with Gasteiger partial charge < -0.3 is 10.4 Å². The normalized spacial score (nSPS) is 10.6. The Morgan fingerprint density at radius 3 is 2.55 bits per heavy atom. The quantitative estimate of drug-likeness (QED) is 0.882. The molecule has 0 aliphatic heterocycles. The van der Waals surface area contributed by atoms with Gasteiger partial charge in [-0.05, 0) is 24.6 Å². The van der Waals surface area contributed by atoms with E-state index in [0.717, 1.165) is 17.7 Å². The number of aryl methyl sites for hydroxylation is 1. The van der Waals surface area contributed by atoms with E-state index in [4.69, 9.17) is 5.11 Å². The summed E-state index contributed by atoms with van der Waals surface area (Å²) in [5.74, 6) is -3.24. The fraction of sp³-hybridized carbons (Fsp3) is 0.231. The molecule has 0 unspecified atom stereocenters. The lowest BCUT2D eigenvalue weighted by molar-refractivity contribution is 0.0696. The van der Waals surface area contributed by atoms with Gasteiger partial charge in [-0.1, -0.05) is 0 Å². The molecule has 0 spiro atoms. The number of anilines is 1. The number of aromatic carboxylic acids is 1. The van der Waals surface area contributed by atoms with E-state index < -0.39 is 23.2 Å². The predicted octanol–water partition coefficient (Wildman–Crippen LogP) is 2.28. The minimum absolute atomic E-state index is 0.265. The summed E-state index contributed by atoms with van der Waals surface area (Å²) in [6.45, 7) is 2.59. The monoisotopic (exact) mass is 281 g/mol. The Balaban J connectivity index is 2.04. The smallest absolute Gasteiger partial charge is 0.335 e. The van der Waals surface area contributed by atoms with Crippen LogP contribution in [0.3, 0.4) is 0 Å². The van der Waals surface area contributed by atoms with Crippen LogP contribution in [-0.2, 0) is 6.54 Å². The average molecular weight is 281 g/mol. The molecule has 20 heavy (non-hydrogen) atoms. The number of carbonyl (C=O) groups is 1. The predicted molar refractivity (Wildman–Crippen MR) is 68.8 cm³/mol. The maximum absolute atomic E-state index is 13.6. The van der Waals surface area contributed by atoms with Crippen molar-refractivity contribution >= 4 is 11.7 Å². The van der Waals surface area contributed by atoms with Gasteiger partial charge >= 0.3 is 5.97 Å². The molecule has 2 rings (SSSR count). The summed E-state index contributed by atoms with van der Waals surface area (Å²) in [5.41, 5.74) is 0.236. The number of benzene rings is 1. The van der Waals surface area contributed by atoms with Crippen molar-refractivity contribution in [2.24, 2.45) is 0 Å². The summed E-state index contributed by atoms with van der Waals surface area (Å²) in [5, 5.41) is 15.3. The minimum Gasteiger partial charge on any atom is -0.478 e. The molecular formula is C13H13F2N3O2. The number of carboxylic acids is 1. The number of nitrogens with zero attached hydrogens (tertiary/aromatic N) is 2. The zero-order valence-corrected chi connectivity index (χ0v) is 10.7. The molecule has 106 valence electrons. The molecule has 2 aromatic rings. The second-order valence-electron chi connectivity index (χ2n) is 4.33. The number of nitrogens with one attached hydrogen (secondary N) is 1. The van der Waals surface area contributed by atoms with Crippen LogP contribution in [0.1, 0.15) is 15.9 Å². The molecule has 0 saturated carbocycles. The Hall–Kier alpha value is -2.44. The largest absolute Gasteiger partial charge is 0.478 e. The number of rotatable bonds is 5. The van der Waals surface area contributed by atoms with Crippen LogP contribution in [0, 0.1) is 18.6 Å². The molecule has 1 heterocycles. The van der Waals surface area contributed by atoms with Crippen molar-refractivity contribution in [2.45, 2.75) is 13.5 Å². The minimum atomic E-state index is -1.37. The van der Waals surface area contributed by atoms with E-state index in [1.807, 2.05) is 13.1 Å². The fourth-order valence-electron chi connectivity index (χ4n) is 1.75. The highest BCUT2D eigenvalue weighted by Crippen LogP contribution is 2.20. The number of aromatic nitrogens is 2. The van der Waals surface area contributed by atoms with Gasteiger partial charge in [0.25, 0.3) is 0 Å². The van der Waals surface area contributed by atoms with Gasteiger partial charge in [-0.15, -0.1) is 0 Å². The van der Waals surface area contributed by atoms with Crippen LogP contribution in [0.4, 0.5) is 14.5 Å². The first-order valence-electron chi connectivity index (χ1n) is 5.92. The molecule has 0 fully saturated rings. The first kappa shape index (κ1) is 14.0. The van der Waals surface area contributed by atoms with E-state index in [2.05, 4.69) is 10.4 Å². The molecule has 1 aromatic carbocycles. The topological polar surface area (TPSA) is 67.2 Å². The van der Waals surface area contributed by atoms with Crippen molar-refractivity contribution in [1.29, 1.82) is 0 Å². The van der Waals surface area contributed by atoms with Gasteiger partial charge in [-0.3, -0.25) is 4.68 Å². The van der Waals surface area contributed by atoms with Crippen molar-refractivity contribution in [3.05, 3.63) is 47.3 Å². The maximum Gasteiger partial charge on any atom is 0.335 e. The molecule has 7 heteroatoms. The lowest BCUT2D eigenvalue weighted by Gasteiger charge is -2.09. The summed E-state index contributed by atoms with van der Waals surface area (Å²) in [6, 6.07) is 1.57. The molecule has 2 N–H and O–H groups in total. The highest BCUT2D eigenvalue weighted by atomic mass is 19.1. The van der Waals surface area contributed by atoms with Crippen LogP contribution < -0.4 is 5.32 Å². The highest BCUT2D eigenvalue weighted by molar-refractivity contribution is 5.88. The summed E-state index contributed by atoms with van der Waals surface area (Å²) < 4.78 is 28.9. The van der Waals surface area contributed by atoms with E-state index in [1.54, 1.807) is 10.9 Å². The molecule has 0 atom stereocenters. The summed E-state index contributed by atoms with van der Waals surface area (Å²) in [4.78, 5) is 10.7. The van der Waals surface area contributed by atoms with Gasteiger partial charge in [0.1, 0.15) is 17.3 Å². The van der Waals surface area contributed by atoms with Crippen molar-refractivity contribution in [3.63, 3.8) is 0 Å². The van der Waals surface area contributed by atoms with Gasteiger partial charge in [-0.2, -0.15) is 5.10 Å². The van der Waals surface area contributed by atoms with E-state index in [9.17, 15) is 13.6 Å². The van der Waals surface area contributed by atoms with Gasteiger partial charge in [0.15, 0.2) is 0 Å². The lowest BCUT2D eigenvalue weighted by Crippen LogP contribution is -2.13. The number of halogens is 2. The Labute approximate surface area is 113 Å². The van der Waals surface area contributed by atoms with Crippen molar-refractivity contribution in [1.82, 2.24) is 9.78 Å². The Bertz CT molecular complexity index is 617. The highest BCUT2D eigenvalue weighted by Gasteiger charge is 2.14. The number of carboxylic acid groups (broad SMARTS) is 1. The number of hydrogen-bond acceptors (Lipinski definition) is 3. The van der Waals surface area contributed by atoms with E-state index in [1.165, 1.54) is 0 Å². The van der Waals surface area contributed by atoms with E-state index in [0.29, 0.717) is 6.54 Å². The molecule has 0 saturated heterocycles. The second-order valence-corrected chi connectivity index (χ2v) is 4.33. The average Bonchev–Trinajstić information content (AvgIpc) is 2.78. The molecular weight excluding hydrogens is 268 g/mol. The lowest BCUT2D eigenvalue weighted by atomic mass is 10.2. The SMILES string of the molecule is Cc1cnn(CCNc2c(F)cc(C(=O)O)cc2F)c1. The van der Waals surface area contributed by atoms with Crippen molar-refractivity contribution in [2.75, 3.05) is 11.9 Å². The standard InChI is InChI=1S/C13H13F2N3O2/c1-8-6-17-18(7-8)3-2-16-12-10(14)4-9(13(19)20)5-11(12)15/h4-7,16H,2-3H2,1H3,(H,19,20). The van der Waals surface area contributed by atoms with Crippen LogP contribution in [0.2, 0.25) is 0 Å². The van der Waals surface area contributed by atoms with Gasteiger partial charge in [0.2, 0.25) is 0 Å². The molecule has 0 aliphatic rings. The number of hydrogen-bond donors (Lipinski definition) is 2. The Kier molecular flexibility index (Phi) is 3.97. The van der Waals surface area contributed by atoms with Crippen LogP contribution in [-0.4, -0.2) is 27.4 Å². The Morgan fingerprint density at radius 2 is 2.05 bits per heavy atom. The maximum atomic E-state index is 13.6. The first-order valence-corrected chi connectivity index (χ1v) is 5.92. The van der Waals surface area contributed by atoms with Gasteiger partial charge in [0, 0.05) is 12.7 Å². The molecule has 0 bridgehead atoms. The molecule has 0 radical (unpaired) electrons. The third-order valence-corrected chi connectivity index (χ3v) is 2.69. The zero-order valence-electron chi connectivity index (χ0n) is 10.7. The van der Waals surface area contributed by atoms with E-state index >= 15 is 0 Å². The third kappa shape index (κ3) is 3.11. The van der Waals surface area contributed by atoms with Crippen LogP contribution in [0.5, 0.6) is 0 Å². The summed E-state index contributed by atoms with van der Waals surface area (Å²) in [7, 11) is 0. The molecule has 5 nitrogen and oxygen atoms in total. The molecule has 0 aliphatic carbocycles. The van der Waals surface area contributed by atoms with Gasteiger partial charge in [0.05, 0.1) is 18.3 Å². The van der Waals surface area contributed by atoms with Crippen molar-refractivity contribution < 1.29 is 18.7 Å². The molecule has 1 aromatic heterocycles. The first-order chi connectivity index (χ1) is 9.47. The third-order valence-electron chi connectivity index (χ3n) is 2.69.